The van der Waals surface area contributed by atoms with Gasteiger partial charge in [0.25, 0.3) is 0 Å². The maximum absolute atomic E-state index is 6.09. The van der Waals surface area contributed by atoms with Crippen LogP contribution in [0.5, 0.6) is 0 Å². The molecule has 0 aliphatic heterocycles. The van der Waals surface area contributed by atoms with Crippen LogP contribution in [0.2, 0.25) is 0 Å². The molecule has 1 aliphatic carbocycles. The Morgan fingerprint density at radius 2 is 2.12 bits per heavy atom. The van der Waals surface area contributed by atoms with Gasteiger partial charge in [-0.15, -0.1) is 0 Å². The largest absolute Gasteiger partial charge is 0.460 e. The molecule has 2 aromatic rings. The molecular formula is C15H19NO. The molecule has 17 heavy (non-hydrogen) atoms. The number of furan rings is 1. The van der Waals surface area contributed by atoms with Crippen LogP contribution in [-0.4, -0.2) is 6.04 Å². The first-order valence-corrected chi connectivity index (χ1v) is 6.41. The summed E-state index contributed by atoms with van der Waals surface area (Å²) in [4.78, 5) is 0. The predicted octanol–water partition coefficient (Wildman–Crippen LogP) is 3.58. The van der Waals surface area contributed by atoms with Gasteiger partial charge in [0.15, 0.2) is 0 Å². The molecule has 2 nitrogen and oxygen atoms in total. The Bertz CT molecular complexity index is 543. The molecule has 0 bridgehead atoms. The molecule has 1 fully saturated rings. The fourth-order valence-corrected chi connectivity index (χ4v) is 3.01. The van der Waals surface area contributed by atoms with Crippen LogP contribution in [0.25, 0.3) is 11.0 Å². The Morgan fingerprint density at radius 1 is 1.29 bits per heavy atom. The van der Waals surface area contributed by atoms with Crippen LogP contribution < -0.4 is 5.73 Å². The summed E-state index contributed by atoms with van der Waals surface area (Å²) in [6, 6.07) is 8.82. The van der Waals surface area contributed by atoms with Crippen molar-refractivity contribution in [1.82, 2.24) is 0 Å². The zero-order chi connectivity index (χ0) is 12.0. The van der Waals surface area contributed by atoms with Crippen molar-refractivity contribution in [2.45, 2.75) is 38.6 Å². The van der Waals surface area contributed by atoms with Crippen molar-refractivity contribution in [2.24, 2.45) is 11.7 Å². The highest BCUT2D eigenvalue weighted by Gasteiger charge is 2.33. The Labute approximate surface area is 102 Å². The van der Waals surface area contributed by atoms with Crippen molar-refractivity contribution in [3.63, 3.8) is 0 Å². The number of aryl methyl sites for hydroxylation is 1. The van der Waals surface area contributed by atoms with Crippen LogP contribution in [0.1, 0.15) is 37.0 Å². The van der Waals surface area contributed by atoms with E-state index in [1.807, 2.05) is 0 Å². The van der Waals surface area contributed by atoms with Gasteiger partial charge < -0.3 is 10.2 Å². The summed E-state index contributed by atoms with van der Waals surface area (Å²) in [5.41, 5.74) is 8.34. The smallest absolute Gasteiger partial charge is 0.137 e. The topological polar surface area (TPSA) is 39.2 Å². The van der Waals surface area contributed by atoms with Gasteiger partial charge in [0.2, 0.25) is 0 Å². The van der Waals surface area contributed by atoms with E-state index in [4.69, 9.17) is 10.2 Å². The summed E-state index contributed by atoms with van der Waals surface area (Å²) in [5.74, 6) is 2.14. The summed E-state index contributed by atoms with van der Waals surface area (Å²) in [7, 11) is 0. The molecule has 3 unspecified atom stereocenters. The number of nitrogens with two attached hydrogens (primary N) is 1. The first-order chi connectivity index (χ1) is 8.16. The van der Waals surface area contributed by atoms with E-state index in [0.29, 0.717) is 17.9 Å². The Balaban J connectivity index is 2.04. The van der Waals surface area contributed by atoms with E-state index in [2.05, 4.69) is 38.1 Å². The van der Waals surface area contributed by atoms with Crippen molar-refractivity contribution in [3.05, 3.63) is 35.6 Å². The molecule has 3 rings (SSSR count). The molecule has 1 aromatic heterocycles. The fraction of sp³-hybridized carbons (Fsp3) is 0.467. The first-order valence-electron chi connectivity index (χ1n) is 6.41. The van der Waals surface area contributed by atoms with Gasteiger partial charge >= 0.3 is 0 Å². The van der Waals surface area contributed by atoms with E-state index in [9.17, 15) is 0 Å². The zero-order valence-corrected chi connectivity index (χ0v) is 10.4. The average molecular weight is 229 g/mol. The maximum atomic E-state index is 6.09. The molecule has 1 aromatic carbocycles. The van der Waals surface area contributed by atoms with Gasteiger partial charge in [-0.1, -0.05) is 25.1 Å². The number of benzene rings is 1. The van der Waals surface area contributed by atoms with E-state index >= 15 is 0 Å². The lowest BCUT2D eigenvalue weighted by Gasteiger charge is -2.15. The molecule has 1 heterocycles. The van der Waals surface area contributed by atoms with E-state index in [1.165, 1.54) is 10.9 Å². The Morgan fingerprint density at radius 3 is 2.76 bits per heavy atom. The molecule has 2 heteroatoms. The number of para-hydroxylation sites is 1. The van der Waals surface area contributed by atoms with E-state index < -0.39 is 0 Å². The lowest BCUT2D eigenvalue weighted by Crippen LogP contribution is -2.24. The number of fused-ring (bicyclic) bond motifs is 1. The summed E-state index contributed by atoms with van der Waals surface area (Å²) < 4.78 is 6.05. The minimum absolute atomic E-state index is 0.328. The van der Waals surface area contributed by atoms with E-state index in [0.717, 1.165) is 24.2 Å². The summed E-state index contributed by atoms with van der Waals surface area (Å²) >= 11 is 0. The lowest BCUT2D eigenvalue weighted by atomic mass is 9.94. The van der Waals surface area contributed by atoms with Gasteiger partial charge in [0.1, 0.15) is 11.3 Å². The van der Waals surface area contributed by atoms with Gasteiger partial charge in [0, 0.05) is 17.3 Å². The molecule has 0 radical (unpaired) electrons. The standard InChI is InChI=1S/C15H19NO/c1-9-4-3-5-11-8-14(17-15(9)11)12-6-7-13(16)10(12)2/h3-5,8,10,12-13H,6-7,16H2,1-2H3. The molecule has 1 saturated carbocycles. The second-order valence-corrected chi connectivity index (χ2v) is 5.35. The first kappa shape index (κ1) is 10.8. The van der Waals surface area contributed by atoms with Gasteiger partial charge in [-0.2, -0.15) is 0 Å². The molecule has 90 valence electrons. The number of rotatable bonds is 1. The minimum Gasteiger partial charge on any atom is -0.460 e. The molecule has 0 amide bonds. The normalized spacial score (nSPS) is 29.0. The Hall–Kier alpha value is -1.28. The summed E-state index contributed by atoms with van der Waals surface area (Å²) in [5, 5.41) is 1.22. The third-order valence-electron chi connectivity index (χ3n) is 4.25. The van der Waals surface area contributed by atoms with Crippen molar-refractivity contribution in [1.29, 1.82) is 0 Å². The highest BCUT2D eigenvalue weighted by Crippen LogP contribution is 2.40. The average Bonchev–Trinajstić information content (AvgIpc) is 2.85. The quantitative estimate of drug-likeness (QED) is 0.811. The van der Waals surface area contributed by atoms with E-state index in [1.54, 1.807) is 0 Å². The van der Waals surface area contributed by atoms with Crippen LogP contribution >= 0.6 is 0 Å². The number of hydrogen-bond acceptors (Lipinski definition) is 2. The van der Waals surface area contributed by atoms with Crippen molar-refractivity contribution < 1.29 is 4.42 Å². The van der Waals surface area contributed by atoms with E-state index in [-0.39, 0.29) is 0 Å². The third-order valence-corrected chi connectivity index (χ3v) is 4.25. The summed E-state index contributed by atoms with van der Waals surface area (Å²) in [6.07, 6.45) is 2.27. The van der Waals surface area contributed by atoms with Gasteiger partial charge in [-0.25, -0.2) is 0 Å². The second kappa shape index (κ2) is 3.88. The molecular weight excluding hydrogens is 210 g/mol. The van der Waals surface area contributed by atoms with Crippen LogP contribution in [-0.2, 0) is 0 Å². The fourth-order valence-electron chi connectivity index (χ4n) is 3.01. The van der Waals surface area contributed by atoms with Crippen LogP contribution in [0.15, 0.2) is 28.7 Å². The highest BCUT2D eigenvalue weighted by atomic mass is 16.3. The van der Waals surface area contributed by atoms with Crippen LogP contribution in [0.4, 0.5) is 0 Å². The third kappa shape index (κ3) is 1.67. The minimum atomic E-state index is 0.328. The maximum Gasteiger partial charge on any atom is 0.137 e. The molecule has 3 atom stereocenters. The molecule has 0 spiro atoms. The van der Waals surface area contributed by atoms with Gasteiger partial charge in [-0.3, -0.25) is 0 Å². The van der Waals surface area contributed by atoms with Crippen molar-refractivity contribution in [3.8, 4) is 0 Å². The Kier molecular flexibility index (Phi) is 2.48. The lowest BCUT2D eigenvalue weighted by molar-refractivity contribution is 0.411. The predicted molar refractivity (Wildman–Crippen MR) is 70.1 cm³/mol. The summed E-state index contributed by atoms with van der Waals surface area (Å²) in [6.45, 7) is 4.34. The van der Waals surface area contributed by atoms with Gasteiger partial charge in [-0.05, 0) is 37.3 Å². The molecule has 0 saturated heterocycles. The van der Waals surface area contributed by atoms with Crippen molar-refractivity contribution in [2.75, 3.05) is 0 Å². The number of hydrogen-bond donors (Lipinski definition) is 1. The molecule has 2 N–H and O–H groups in total. The zero-order valence-electron chi connectivity index (χ0n) is 10.4. The monoisotopic (exact) mass is 229 g/mol. The highest BCUT2D eigenvalue weighted by molar-refractivity contribution is 5.81. The molecule has 1 aliphatic rings. The second-order valence-electron chi connectivity index (χ2n) is 5.35. The van der Waals surface area contributed by atoms with Crippen LogP contribution in [0, 0.1) is 12.8 Å². The van der Waals surface area contributed by atoms with Crippen LogP contribution in [0.3, 0.4) is 0 Å². The SMILES string of the molecule is Cc1cccc2cc(C3CCC(N)C3C)oc12. The van der Waals surface area contributed by atoms with Crippen molar-refractivity contribution >= 4 is 11.0 Å². The van der Waals surface area contributed by atoms with Gasteiger partial charge in [0.05, 0.1) is 0 Å².